The molecular formula is C22H19NO5. The van der Waals surface area contributed by atoms with Gasteiger partial charge in [-0.05, 0) is 35.8 Å². The van der Waals surface area contributed by atoms with Gasteiger partial charge < -0.3 is 19.6 Å². The number of carbonyl (C=O) groups excluding carboxylic acids is 1. The SMILES string of the molecule is COc1cc2c(cc1O)/C(=C/c1coc3ccc(C(C)C)cc3c1=O)C(=O)N2. The lowest BCUT2D eigenvalue weighted by atomic mass is 10.00. The third kappa shape index (κ3) is 2.83. The van der Waals surface area contributed by atoms with Gasteiger partial charge in [-0.25, -0.2) is 0 Å². The van der Waals surface area contributed by atoms with Crippen molar-refractivity contribution in [3.05, 3.63) is 63.5 Å². The molecule has 0 radical (unpaired) electrons. The zero-order chi connectivity index (χ0) is 20.0. The lowest BCUT2D eigenvalue weighted by Gasteiger charge is -2.07. The smallest absolute Gasteiger partial charge is 0.256 e. The Kier molecular flexibility index (Phi) is 4.19. The number of rotatable bonds is 3. The molecule has 0 fully saturated rings. The maximum absolute atomic E-state index is 13.0. The van der Waals surface area contributed by atoms with Gasteiger partial charge in [0.1, 0.15) is 11.8 Å². The van der Waals surface area contributed by atoms with Crippen molar-refractivity contribution in [2.75, 3.05) is 12.4 Å². The first kappa shape index (κ1) is 17.9. The third-order valence-corrected chi connectivity index (χ3v) is 4.89. The molecule has 3 aromatic rings. The van der Waals surface area contributed by atoms with Gasteiger partial charge in [-0.1, -0.05) is 19.9 Å². The molecule has 142 valence electrons. The Balaban J connectivity index is 1.87. The van der Waals surface area contributed by atoms with Gasteiger partial charge >= 0.3 is 0 Å². The molecule has 6 nitrogen and oxygen atoms in total. The van der Waals surface area contributed by atoms with Gasteiger partial charge in [-0.15, -0.1) is 0 Å². The van der Waals surface area contributed by atoms with E-state index in [9.17, 15) is 14.7 Å². The summed E-state index contributed by atoms with van der Waals surface area (Å²) in [5.41, 5.74) is 2.87. The average molecular weight is 377 g/mol. The summed E-state index contributed by atoms with van der Waals surface area (Å²) in [5, 5.41) is 13.2. The second-order valence-electron chi connectivity index (χ2n) is 7.01. The fraction of sp³-hybridized carbons (Fsp3) is 0.182. The number of anilines is 1. The van der Waals surface area contributed by atoms with Crippen molar-refractivity contribution in [3.8, 4) is 11.5 Å². The first-order valence-electron chi connectivity index (χ1n) is 8.89. The van der Waals surface area contributed by atoms with Crippen molar-refractivity contribution in [1.82, 2.24) is 0 Å². The van der Waals surface area contributed by atoms with Crippen LogP contribution in [-0.4, -0.2) is 18.1 Å². The first-order chi connectivity index (χ1) is 13.4. The van der Waals surface area contributed by atoms with Crippen molar-refractivity contribution in [2.24, 2.45) is 0 Å². The zero-order valence-corrected chi connectivity index (χ0v) is 15.7. The third-order valence-electron chi connectivity index (χ3n) is 4.89. The monoisotopic (exact) mass is 377 g/mol. The Labute approximate surface area is 161 Å². The van der Waals surface area contributed by atoms with Crippen LogP contribution in [0.1, 0.15) is 36.5 Å². The molecule has 28 heavy (non-hydrogen) atoms. The summed E-state index contributed by atoms with van der Waals surface area (Å²) in [5.74, 6) is 0.0804. The fourth-order valence-corrected chi connectivity index (χ4v) is 3.29. The van der Waals surface area contributed by atoms with Crippen molar-refractivity contribution >= 4 is 34.2 Å². The number of methoxy groups -OCH3 is 1. The lowest BCUT2D eigenvalue weighted by Crippen LogP contribution is -2.08. The number of amides is 1. The number of aromatic hydroxyl groups is 1. The Hall–Kier alpha value is -3.54. The molecule has 2 N–H and O–H groups in total. The molecule has 1 amide bonds. The maximum atomic E-state index is 13.0. The fourth-order valence-electron chi connectivity index (χ4n) is 3.29. The molecule has 2 heterocycles. The summed E-state index contributed by atoms with van der Waals surface area (Å²) in [6.45, 7) is 4.10. The van der Waals surface area contributed by atoms with Gasteiger partial charge in [-0.2, -0.15) is 0 Å². The summed E-state index contributed by atoms with van der Waals surface area (Å²) >= 11 is 0. The Morgan fingerprint density at radius 2 is 1.96 bits per heavy atom. The van der Waals surface area contributed by atoms with E-state index < -0.39 is 0 Å². The van der Waals surface area contributed by atoms with Gasteiger partial charge in [0, 0.05) is 17.2 Å². The van der Waals surface area contributed by atoms with Crippen LogP contribution in [0.3, 0.4) is 0 Å². The molecule has 1 aliphatic rings. The van der Waals surface area contributed by atoms with E-state index in [0.717, 1.165) is 5.56 Å². The predicted octanol–water partition coefficient (Wildman–Crippen LogP) is 4.12. The molecule has 2 aromatic carbocycles. The van der Waals surface area contributed by atoms with E-state index in [0.29, 0.717) is 22.2 Å². The van der Waals surface area contributed by atoms with E-state index in [-0.39, 0.29) is 39.9 Å². The largest absolute Gasteiger partial charge is 0.504 e. The Bertz CT molecular complexity index is 1200. The van der Waals surface area contributed by atoms with Crippen LogP contribution < -0.4 is 15.5 Å². The van der Waals surface area contributed by atoms with Crippen LogP contribution in [0.15, 0.2) is 45.8 Å². The highest BCUT2D eigenvalue weighted by molar-refractivity contribution is 6.35. The quantitative estimate of drug-likeness (QED) is 0.529. The molecular weight excluding hydrogens is 358 g/mol. The van der Waals surface area contributed by atoms with Crippen molar-refractivity contribution in [2.45, 2.75) is 19.8 Å². The Morgan fingerprint density at radius 1 is 1.18 bits per heavy atom. The van der Waals surface area contributed by atoms with Crippen LogP contribution in [0, 0.1) is 0 Å². The molecule has 0 spiro atoms. The molecule has 0 aliphatic carbocycles. The van der Waals surface area contributed by atoms with E-state index in [4.69, 9.17) is 9.15 Å². The number of carbonyl (C=O) groups is 1. The summed E-state index contributed by atoms with van der Waals surface area (Å²) in [7, 11) is 1.43. The van der Waals surface area contributed by atoms with Crippen LogP contribution in [0.25, 0.3) is 22.6 Å². The van der Waals surface area contributed by atoms with Gasteiger partial charge in [0.05, 0.1) is 23.7 Å². The second-order valence-corrected chi connectivity index (χ2v) is 7.01. The summed E-state index contributed by atoms with van der Waals surface area (Å²) in [4.78, 5) is 25.4. The highest BCUT2D eigenvalue weighted by Crippen LogP contribution is 2.40. The van der Waals surface area contributed by atoms with Crippen LogP contribution in [0.5, 0.6) is 11.5 Å². The summed E-state index contributed by atoms with van der Waals surface area (Å²) in [6, 6.07) is 8.53. The van der Waals surface area contributed by atoms with E-state index >= 15 is 0 Å². The highest BCUT2D eigenvalue weighted by atomic mass is 16.5. The number of nitrogens with one attached hydrogen (secondary N) is 1. The molecule has 1 aliphatic heterocycles. The van der Waals surface area contributed by atoms with E-state index in [1.807, 2.05) is 12.1 Å². The standard InChI is InChI=1S/C22H19NO5/c1-11(2)12-4-5-19-16(6-12)21(25)13(10-28-19)7-15-14-8-18(24)20(27-3)9-17(14)23-22(15)26/h4-11,24H,1-3H3,(H,23,26)/b15-7-. The van der Waals surface area contributed by atoms with E-state index in [1.165, 1.54) is 25.5 Å². The van der Waals surface area contributed by atoms with E-state index in [2.05, 4.69) is 19.2 Å². The van der Waals surface area contributed by atoms with Crippen molar-refractivity contribution in [1.29, 1.82) is 0 Å². The molecule has 0 unspecified atom stereocenters. The first-order valence-corrected chi connectivity index (χ1v) is 8.89. The number of phenolic OH excluding ortho intramolecular Hbond substituents is 1. The van der Waals surface area contributed by atoms with Crippen LogP contribution in [0.2, 0.25) is 0 Å². The molecule has 0 bridgehead atoms. The van der Waals surface area contributed by atoms with Crippen LogP contribution in [-0.2, 0) is 4.79 Å². The average Bonchev–Trinajstić information content (AvgIpc) is 2.97. The number of hydrogen-bond acceptors (Lipinski definition) is 5. The molecule has 4 rings (SSSR count). The maximum Gasteiger partial charge on any atom is 0.256 e. The summed E-state index contributed by atoms with van der Waals surface area (Å²) < 4.78 is 10.7. The number of fused-ring (bicyclic) bond motifs is 2. The minimum Gasteiger partial charge on any atom is -0.504 e. The van der Waals surface area contributed by atoms with Gasteiger partial charge in [0.25, 0.3) is 5.91 Å². The number of benzene rings is 2. The van der Waals surface area contributed by atoms with Crippen LogP contribution in [0.4, 0.5) is 5.69 Å². The molecule has 6 heteroatoms. The minimum atomic E-state index is -0.363. The number of phenols is 1. The van der Waals surface area contributed by atoms with Gasteiger partial charge in [-0.3, -0.25) is 9.59 Å². The minimum absolute atomic E-state index is 0.0872. The molecule has 0 saturated heterocycles. The topological polar surface area (TPSA) is 88.8 Å². The number of ether oxygens (including phenoxy) is 1. The second kappa shape index (κ2) is 6.56. The molecule has 1 aromatic heterocycles. The van der Waals surface area contributed by atoms with Crippen LogP contribution >= 0.6 is 0 Å². The highest BCUT2D eigenvalue weighted by Gasteiger charge is 2.26. The van der Waals surface area contributed by atoms with Crippen molar-refractivity contribution < 1.29 is 19.1 Å². The van der Waals surface area contributed by atoms with Crippen molar-refractivity contribution in [3.63, 3.8) is 0 Å². The normalized spacial score (nSPS) is 14.6. The van der Waals surface area contributed by atoms with E-state index in [1.54, 1.807) is 12.1 Å². The molecule has 0 saturated carbocycles. The van der Waals surface area contributed by atoms with Gasteiger partial charge in [0.15, 0.2) is 16.9 Å². The predicted molar refractivity (Wildman–Crippen MR) is 108 cm³/mol. The Morgan fingerprint density at radius 3 is 2.68 bits per heavy atom. The molecule has 0 atom stereocenters. The number of hydrogen-bond donors (Lipinski definition) is 2. The zero-order valence-electron chi connectivity index (χ0n) is 15.7. The van der Waals surface area contributed by atoms with Gasteiger partial charge in [0.2, 0.25) is 0 Å². The lowest BCUT2D eigenvalue weighted by molar-refractivity contribution is -0.110. The summed E-state index contributed by atoms with van der Waals surface area (Å²) in [6.07, 6.45) is 2.84.